The molecule has 122 valence electrons. The second-order valence-electron chi connectivity index (χ2n) is 5.88. The van der Waals surface area contributed by atoms with Gasteiger partial charge in [-0.3, -0.25) is 14.6 Å². The smallest absolute Gasteiger partial charge is 0.317 e. The Balaban J connectivity index is 1.93. The van der Waals surface area contributed by atoms with Crippen molar-refractivity contribution in [2.45, 2.75) is 31.8 Å². The van der Waals surface area contributed by atoms with Gasteiger partial charge in [0.05, 0.1) is 11.0 Å². The van der Waals surface area contributed by atoms with Gasteiger partial charge in [-0.2, -0.15) is 0 Å². The van der Waals surface area contributed by atoms with E-state index in [-0.39, 0.29) is 18.4 Å². The van der Waals surface area contributed by atoms with Crippen LogP contribution in [-0.2, 0) is 11.3 Å². The van der Waals surface area contributed by atoms with Gasteiger partial charge in [0.1, 0.15) is 5.82 Å². The Hall–Kier alpha value is -0.980. The predicted octanol–water partition coefficient (Wildman–Crippen LogP) is 2.96. The van der Waals surface area contributed by atoms with Crippen molar-refractivity contribution in [2.24, 2.45) is 0 Å². The maximum absolute atomic E-state index is 14.1. The van der Waals surface area contributed by atoms with Gasteiger partial charge in [-0.1, -0.05) is 12.1 Å². The number of carbonyl (C=O) groups is 1. The number of hydrogen-bond acceptors (Lipinski definition) is 3. The number of nitrogens with zero attached hydrogens (tertiary/aromatic N) is 2. The largest absolute Gasteiger partial charge is 0.480 e. The Kier molecular flexibility index (Phi) is 6.35. The van der Waals surface area contributed by atoms with E-state index < -0.39 is 5.97 Å². The van der Waals surface area contributed by atoms with Crippen molar-refractivity contribution in [3.8, 4) is 0 Å². The van der Waals surface area contributed by atoms with Crippen molar-refractivity contribution >= 4 is 21.9 Å². The first-order chi connectivity index (χ1) is 10.5. The molecule has 6 heteroatoms. The van der Waals surface area contributed by atoms with Crippen LogP contribution in [0.1, 0.15) is 24.8 Å². The van der Waals surface area contributed by atoms with E-state index in [0.29, 0.717) is 16.6 Å². The van der Waals surface area contributed by atoms with E-state index in [0.717, 1.165) is 32.4 Å². The van der Waals surface area contributed by atoms with Crippen LogP contribution in [0, 0.1) is 5.82 Å². The third-order valence-corrected chi connectivity index (χ3v) is 4.84. The number of likely N-dealkylation sites (N-methyl/N-ethyl adjacent to an activating group) is 1. The predicted molar refractivity (Wildman–Crippen MR) is 87.3 cm³/mol. The Morgan fingerprint density at radius 2 is 2.23 bits per heavy atom. The van der Waals surface area contributed by atoms with Gasteiger partial charge < -0.3 is 5.11 Å². The number of carboxylic acids is 1. The van der Waals surface area contributed by atoms with Crippen LogP contribution in [0.3, 0.4) is 0 Å². The van der Waals surface area contributed by atoms with Gasteiger partial charge in [-0.05, 0) is 61.4 Å². The molecule has 1 aliphatic rings. The molecule has 0 bridgehead atoms. The molecule has 1 unspecified atom stereocenters. The molecule has 4 nitrogen and oxygen atoms in total. The average molecular weight is 373 g/mol. The fourth-order valence-electron chi connectivity index (χ4n) is 2.99. The Labute approximate surface area is 139 Å². The molecule has 1 aliphatic heterocycles. The molecule has 1 atom stereocenters. The van der Waals surface area contributed by atoms with Crippen LogP contribution < -0.4 is 0 Å². The molecule has 0 amide bonds. The zero-order chi connectivity index (χ0) is 16.1. The first kappa shape index (κ1) is 17.4. The number of hydrogen-bond donors (Lipinski definition) is 1. The van der Waals surface area contributed by atoms with Crippen LogP contribution in [0.15, 0.2) is 22.7 Å². The number of likely N-dealkylation sites (tertiary alicyclic amines) is 1. The van der Waals surface area contributed by atoms with Crippen molar-refractivity contribution in [1.82, 2.24) is 9.80 Å². The molecule has 0 aromatic heterocycles. The number of halogens is 2. The number of benzene rings is 1. The second-order valence-corrected chi connectivity index (χ2v) is 6.74. The lowest BCUT2D eigenvalue weighted by atomic mass is 10.1. The Morgan fingerprint density at radius 3 is 2.95 bits per heavy atom. The third-order valence-electron chi connectivity index (χ3n) is 4.22. The van der Waals surface area contributed by atoms with Crippen molar-refractivity contribution in [3.63, 3.8) is 0 Å². The summed E-state index contributed by atoms with van der Waals surface area (Å²) in [6.07, 6.45) is 2.91. The molecule has 2 rings (SSSR count). The fourth-order valence-corrected chi connectivity index (χ4v) is 3.40. The van der Waals surface area contributed by atoms with Gasteiger partial charge in [-0.25, -0.2) is 4.39 Å². The van der Waals surface area contributed by atoms with Crippen LogP contribution >= 0.6 is 15.9 Å². The Morgan fingerprint density at radius 1 is 1.45 bits per heavy atom. The van der Waals surface area contributed by atoms with E-state index in [2.05, 4.69) is 20.8 Å². The molecule has 1 heterocycles. The lowest BCUT2D eigenvalue weighted by Crippen LogP contribution is -2.36. The zero-order valence-electron chi connectivity index (χ0n) is 12.8. The minimum atomic E-state index is -0.792. The van der Waals surface area contributed by atoms with E-state index in [9.17, 15) is 9.18 Å². The number of carboxylic acid groups (broad SMARTS) is 1. The van der Waals surface area contributed by atoms with Gasteiger partial charge in [0.2, 0.25) is 0 Å². The van der Waals surface area contributed by atoms with E-state index >= 15 is 0 Å². The maximum Gasteiger partial charge on any atom is 0.317 e. The standard InChI is InChI=1S/C16H22BrFN2O2/c1-19(11-15(21)22)13-5-3-8-20(9-7-13)10-12-4-2-6-14(17)16(12)18/h2,4,6,13H,3,5,7-11H2,1H3,(H,21,22). The van der Waals surface area contributed by atoms with E-state index in [1.807, 2.05) is 24.1 Å². The van der Waals surface area contributed by atoms with Crippen molar-refractivity contribution in [1.29, 1.82) is 0 Å². The van der Waals surface area contributed by atoms with E-state index in [4.69, 9.17) is 5.11 Å². The summed E-state index contributed by atoms with van der Waals surface area (Å²) in [4.78, 5) is 15.0. The van der Waals surface area contributed by atoms with Gasteiger partial charge in [0.15, 0.2) is 0 Å². The quantitative estimate of drug-likeness (QED) is 0.862. The molecule has 1 aromatic rings. The molecule has 0 spiro atoms. The highest BCUT2D eigenvalue weighted by molar-refractivity contribution is 9.10. The Bertz CT molecular complexity index is 527. The second kappa shape index (κ2) is 8.04. The van der Waals surface area contributed by atoms with Crippen LogP contribution in [-0.4, -0.2) is 53.6 Å². The molecular weight excluding hydrogens is 351 g/mol. The lowest BCUT2D eigenvalue weighted by molar-refractivity contribution is -0.138. The van der Waals surface area contributed by atoms with E-state index in [1.165, 1.54) is 0 Å². The third kappa shape index (κ3) is 4.76. The first-order valence-corrected chi connectivity index (χ1v) is 8.34. The van der Waals surface area contributed by atoms with Gasteiger partial charge in [0, 0.05) is 18.2 Å². The van der Waals surface area contributed by atoms with E-state index in [1.54, 1.807) is 6.07 Å². The summed E-state index contributed by atoms with van der Waals surface area (Å²) in [6.45, 7) is 2.45. The first-order valence-electron chi connectivity index (χ1n) is 7.54. The summed E-state index contributed by atoms with van der Waals surface area (Å²) in [7, 11) is 1.86. The number of rotatable bonds is 5. The van der Waals surface area contributed by atoms with Crippen molar-refractivity contribution < 1.29 is 14.3 Å². The van der Waals surface area contributed by atoms with Crippen LogP contribution in [0.25, 0.3) is 0 Å². The van der Waals surface area contributed by atoms with Gasteiger partial charge in [0.25, 0.3) is 0 Å². The van der Waals surface area contributed by atoms with Crippen molar-refractivity contribution in [2.75, 3.05) is 26.7 Å². The highest BCUT2D eigenvalue weighted by Crippen LogP contribution is 2.22. The molecule has 1 fully saturated rings. The normalized spacial score (nSPS) is 20.1. The highest BCUT2D eigenvalue weighted by Gasteiger charge is 2.22. The van der Waals surface area contributed by atoms with Crippen molar-refractivity contribution in [3.05, 3.63) is 34.1 Å². The topological polar surface area (TPSA) is 43.8 Å². The SMILES string of the molecule is CN(CC(=O)O)C1CCCN(Cc2cccc(Br)c2F)CC1. The molecule has 0 aliphatic carbocycles. The fraction of sp³-hybridized carbons (Fsp3) is 0.562. The summed E-state index contributed by atoms with van der Waals surface area (Å²) in [5, 5.41) is 8.89. The van der Waals surface area contributed by atoms with Gasteiger partial charge in [-0.15, -0.1) is 0 Å². The molecule has 22 heavy (non-hydrogen) atoms. The average Bonchev–Trinajstić information content (AvgIpc) is 2.69. The van der Waals surface area contributed by atoms with Gasteiger partial charge >= 0.3 is 5.97 Å². The molecule has 0 saturated carbocycles. The lowest BCUT2D eigenvalue weighted by Gasteiger charge is -2.25. The number of aliphatic carboxylic acids is 1. The highest BCUT2D eigenvalue weighted by atomic mass is 79.9. The summed E-state index contributed by atoms with van der Waals surface area (Å²) in [5.41, 5.74) is 0.701. The molecule has 1 N–H and O–H groups in total. The summed E-state index contributed by atoms with van der Waals surface area (Å²) in [5.74, 6) is -0.980. The maximum atomic E-state index is 14.1. The summed E-state index contributed by atoms with van der Waals surface area (Å²) >= 11 is 3.22. The monoisotopic (exact) mass is 372 g/mol. The molecule has 1 saturated heterocycles. The molecule has 0 radical (unpaired) electrons. The van der Waals surface area contributed by atoms with Crippen LogP contribution in [0.2, 0.25) is 0 Å². The summed E-state index contributed by atoms with van der Waals surface area (Å²) in [6, 6.07) is 5.66. The minimum absolute atomic E-state index is 0.0743. The molecule has 1 aromatic carbocycles. The minimum Gasteiger partial charge on any atom is -0.480 e. The molecular formula is C16H22BrFN2O2. The summed E-state index contributed by atoms with van der Waals surface area (Å²) < 4.78 is 14.6. The van der Waals surface area contributed by atoms with Crippen LogP contribution in [0.4, 0.5) is 4.39 Å². The zero-order valence-corrected chi connectivity index (χ0v) is 14.4. The van der Waals surface area contributed by atoms with Crippen LogP contribution in [0.5, 0.6) is 0 Å².